The fourth-order valence-electron chi connectivity index (χ4n) is 4.85. The lowest BCUT2D eigenvalue weighted by Crippen LogP contribution is -2.45. The number of anilines is 1. The summed E-state index contributed by atoms with van der Waals surface area (Å²) < 4.78 is 7.08. The molecule has 8 nitrogen and oxygen atoms in total. The normalized spacial score (nSPS) is 15.5. The number of piperidine rings is 1. The fourth-order valence-corrected chi connectivity index (χ4v) is 4.85. The number of amides is 1. The van der Waals surface area contributed by atoms with Crippen molar-refractivity contribution in [1.29, 1.82) is 0 Å². The Balaban J connectivity index is 1.38. The van der Waals surface area contributed by atoms with Gasteiger partial charge in [0, 0.05) is 31.4 Å². The minimum atomic E-state index is -0.236. The number of pyridine rings is 1. The molecule has 1 aliphatic heterocycles. The monoisotopic (exact) mass is 497 g/mol. The molecule has 1 N–H and O–H groups in total. The molecule has 2 aromatic carbocycles. The zero-order valence-electron chi connectivity index (χ0n) is 21.2. The molecule has 4 aromatic rings. The molecule has 0 bridgehead atoms. The van der Waals surface area contributed by atoms with Crippen molar-refractivity contribution >= 4 is 22.9 Å². The Morgan fingerprint density at radius 1 is 1.11 bits per heavy atom. The van der Waals surface area contributed by atoms with Gasteiger partial charge in [-0.15, -0.1) is 0 Å². The summed E-state index contributed by atoms with van der Waals surface area (Å²) in [6.45, 7) is 3.95. The SMILES string of the molecule is COc1ccccc1CNC(=O)[C@@H]1CCCN(c2nc3cccnc3n(Cc3ccc(C)cc3)c2=O)C1. The average molecular weight is 498 g/mol. The molecule has 0 aliphatic carbocycles. The summed E-state index contributed by atoms with van der Waals surface area (Å²) in [6.07, 6.45) is 3.25. The Morgan fingerprint density at radius 3 is 2.73 bits per heavy atom. The van der Waals surface area contributed by atoms with Gasteiger partial charge in [0.1, 0.15) is 11.3 Å². The molecular formula is C29H31N5O3. The minimum absolute atomic E-state index is 0.0296. The third-order valence-corrected chi connectivity index (χ3v) is 6.88. The van der Waals surface area contributed by atoms with E-state index in [0.29, 0.717) is 43.2 Å². The van der Waals surface area contributed by atoms with Gasteiger partial charge in [-0.3, -0.25) is 14.2 Å². The summed E-state index contributed by atoms with van der Waals surface area (Å²) in [4.78, 5) is 37.9. The van der Waals surface area contributed by atoms with Crippen molar-refractivity contribution in [3.63, 3.8) is 0 Å². The van der Waals surface area contributed by atoms with Crippen LogP contribution in [0.2, 0.25) is 0 Å². The van der Waals surface area contributed by atoms with E-state index in [0.717, 1.165) is 35.3 Å². The number of hydrogen-bond donors (Lipinski definition) is 1. The number of rotatable bonds is 7. The predicted molar refractivity (Wildman–Crippen MR) is 144 cm³/mol. The zero-order valence-corrected chi connectivity index (χ0v) is 21.2. The van der Waals surface area contributed by atoms with Crippen LogP contribution < -0.4 is 20.5 Å². The van der Waals surface area contributed by atoms with Crippen LogP contribution in [-0.4, -0.2) is 40.6 Å². The predicted octanol–water partition coefficient (Wildman–Crippen LogP) is 3.69. The quantitative estimate of drug-likeness (QED) is 0.419. The van der Waals surface area contributed by atoms with Crippen LogP contribution in [0.1, 0.15) is 29.5 Å². The number of para-hydroxylation sites is 1. The zero-order chi connectivity index (χ0) is 25.8. The second-order valence-electron chi connectivity index (χ2n) is 9.47. The number of carbonyl (C=O) groups excluding carboxylic acids is 1. The van der Waals surface area contributed by atoms with Crippen LogP contribution in [0.15, 0.2) is 71.7 Å². The summed E-state index contributed by atoms with van der Waals surface area (Å²) in [7, 11) is 1.62. The number of methoxy groups -OCH3 is 1. The lowest BCUT2D eigenvalue weighted by molar-refractivity contribution is -0.125. The molecule has 37 heavy (non-hydrogen) atoms. The van der Waals surface area contributed by atoms with Gasteiger partial charge in [-0.25, -0.2) is 9.97 Å². The minimum Gasteiger partial charge on any atom is -0.496 e. The van der Waals surface area contributed by atoms with Crippen molar-refractivity contribution in [3.05, 3.63) is 93.9 Å². The van der Waals surface area contributed by atoms with Crippen molar-refractivity contribution in [3.8, 4) is 5.75 Å². The number of fused-ring (bicyclic) bond motifs is 1. The maximum Gasteiger partial charge on any atom is 0.295 e. The summed E-state index contributed by atoms with van der Waals surface area (Å²) in [6, 6.07) is 19.5. The van der Waals surface area contributed by atoms with Crippen LogP contribution in [-0.2, 0) is 17.9 Å². The van der Waals surface area contributed by atoms with E-state index < -0.39 is 0 Å². The first-order valence-electron chi connectivity index (χ1n) is 12.6. The summed E-state index contributed by atoms with van der Waals surface area (Å²) in [5, 5.41) is 3.05. The standard InChI is InChI=1S/C29H31N5O3/c1-20-11-13-21(14-12-20)18-34-26-24(9-5-15-30-26)32-27(29(34)36)33-16-6-8-23(19-33)28(35)31-17-22-7-3-4-10-25(22)37-2/h3-5,7,9-15,23H,6,8,16-19H2,1-2H3,(H,31,35)/t23-/m1/s1. The number of aromatic nitrogens is 3. The molecule has 1 saturated heterocycles. The molecule has 8 heteroatoms. The molecule has 3 heterocycles. The van der Waals surface area contributed by atoms with Crippen molar-refractivity contribution in [2.45, 2.75) is 32.9 Å². The van der Waals surface area contributed by atoms with E-state index in [2.05, 4.69) is 10.3 Å². The highest BCUT2D eigenvalue weighted by atomic mass is 16.5. The second-order valence-corrected chi connectivity index (χ2v) is 9.47. The topological polar surface area (TPSA) is 89.3 Å². The number of nitrogens with zero attached hydrogens (tertiary/aromatic N) is 4. The summed E-state index contributed by atoms with van der Waals surface area (Å²) >= 11 is 0. The van der Waals surface area contributed by atoms with Crippen LogP contribution in [0.5, 0.6) is 5.75 Å². The summed E-state index contributed by atoms with van der Waals surface area (Å²) in [5.74, 6) is 0.851. The molecule has 0 radical (unpaired) electrons. The maximum absolute atomic E-state index is 13.7. The molecule has 190 valence electrons. The average Bonchev–Trinajstić information content (AvgIpc) is 2.94. The van der Waals surface area contributed by atoms with E-state index in [-0.39, 0.29) is 17.4 Å². The first-order valence-corrected chi connectivity index (χ1v) is 12.6. The van der Waals surface area contributed by atoms with Crippen LogP contribution >= 0.6 is 0 Å². The van der Waals surface area contributed by atoms with E-state index >= 15 is 0 Å². The maximum atomic E-state index is 13.7. The lowest BCUT2D eigenvalue weighted by Gasteiger charge is -2.32. The van der Waals surface area contributed by atoms with Gasteiger partial charge < -0.3 is 15.0 Å². The Hall–Kier alpha value is -4.20. The van der Waals surface area contributed by atoms with Crippen LogP contribution in [0.3, 0.4) is 0 Å². The van der Waals surface area contributed by atoms with Gasteiger partial charge in [-0.05, 0) is 43.5 Å². The lowest BCUT2D eigenvalue weighted by atomic mass is 9.97. The Morgan fingerprint density at radius 2 is 1.92 bits per heavy atom. The third kappa shape index (κ3) is 5.33. The highest BCUT2D eigenvalue weighted by Gasteiger charge is 2.29. The van der Waals surface area contributed by atoms with E-state index in [1.54, 1.807) is 17.9 Å². The Bertz CT molecular complexity index is 1460. The number of ether oxygens (including phenoxy) is 1. The molecule has 0 unspecified atom stereocenters. The molecule has 0 saturated carbocycles. The van der Waals surface area contributed by atoms with Crippen LogP contribution in [0, 0.1) is 12.8 Å². The van der Waals surface area contributed by atoms with Gasteiger partial charge in [-0.2, -0.15) is 0 Å². The molecule has 0 spiro atoms. The number of aryl methyl sites for hydroxylation is 1. The van der Waals surface area contributed by atoms with Gasteiger partial charge in [0.05, 0.1) is 19.6 Å². The number of benzene rings is 2. The van der Waals surface area contributed by atoms with E-state index in [1.165, 1.54) is 0 Å². The number of hydrogen-bond acceptors (Lipinski definition) is 6. The molecule has 1 atom stereocenters. The molecule has 1 amide bonds. The van der Waals surface area contributed by atoms with Crippen molar-refractivity contribution in [1.82, 2.24) is 19.9 Å². The van der Waals surface area contributed by atoms with Gasteiger partial charge in [0.2, 0.25) is 5.91 Å². The fraction of sp³-hybridized carbons (Fsp3) is 0.310. The first kappa shape index (κ1) is 24.5. The highest BCUT2D eigenvalue weighted by Crippen LogP contribution is 2.23. The largest absolute Gasteiger partial charge is 0.496 e. The molecule has 5 rings (SSSR count). The highest BCUT2D eigenvalue weighted by molar-refractivity contribution is 5.80. The first-order chi connectivity index (χ1) is 18.0. The Kier molecular flexibility index (Phi) is 7.16. The molecular weight excluding hydrogens is 466 g/mol. The third-order valence-electron chi connectivity index (χ3n) is 6.88. The van der Waals surface area contributed by atoms with Crippen LogP contribution in [0.25, 0.3) is 11.2 Å². The van der Waals surface area contributed by atoms with Gasteiger partial charge >= 0.3 is 0 Å². The van der Waals surface area contributed by atoms with Crippen molar-refractivity contribution in [2.75, 3.05) is 25.1 Å². The summed E-state index contributed by atoms with van der Waals surface area (Å²) in [5.41, 5.74) is 4.13. The molecule has 1 aliphatic rings. The van der Waals surface area contributed by atoms with Gasteiger partial charge in [-0.1, -0.05) is 48.0 Å². The molecule has 2 aromatic heterocycles. The molecule has 1 fully saturated rings. The van der Waals surface area contributed by atoms with Crippen molar-refractivity contribution < 1.29 is 9.53 Å². The van der Waals surface area contributed by atoms with E-state index in [4.69, 9.17) is 9.72 Å². The number of nitrogens with one attached hydrogen (secondary N) is 1. The Labute approximate surface area is 215 Å². The van der Waals surface area contributed by atoms with E-state index in [1.807, 2.05) is 72.5 Å². The second kappa shape index (κ2) is 10.8. The van der Waals surface area contributed by atoms with E-state index in [9.17, 15) is 9.59 Å². The van der Waals surface area contributed by atoms with Crippen molar-refractivity contribution in [2.24, 2.45) is 5.92 Å². The number of carbonyl (C=O) groups is 1. The smallest absolute Gasteiger partial charge is 0.295 e. The van der Waals surface area contributed by atoms with Crippen LogP contribution in [0.4, 0.5) is 5.82 Å². The van der Waals surface area contributed by atoms with Gasteiger partial charge in [0.25, 0.3) is 5.56 Å². The van der Waals surface area contributed by atoms with Gasteiger partial charge in [0.15, 0.2) is 11.5 Å².